The molecule has 2 N–H and O–H groups in total. The quantitative estimate of drug-likeness (QED) is 0.283. The number of alkyl carbamates (subject to hydrolysis) is 1. The topological polar surface area (TPSA) is 114 Å². The zero-order valence-electron chi connectivity index (χ0n) is 24.6. The summed E-state index contributed by atoms with van der Waals surface area (Å²) in [5, 5.41) is 5.35. The Kier molecular flexibility index (Phi) is 13.3. The fourth-order valence-electron chi connectivity index (χ4n) is 3.94. The second kappa shape index (κ2) is 15.3. The second-order valence-corrected chi connectivity index (χ2v) is 11.0. The first-order valence-electron chi connectivity index (χ1n) is 13.4. The maximum absolute atomic E-state index is 14.1. The van der Waals surface area contributed by atoms with Crippen LogP contribution in [0.15, 0.2) is 18.2 Å². The normalized spacial score (nSPS) is 12.9. The number of nitrogens with zero attached hydrogens (tertiary/aromatic N) is 1. The van der Waals surface area contributed by atoms with Gasteiger partial charge in [0.1, 0.15) is 24.2 Å². The number of rotatable bonds is 13. The second-order valence-electron chi connectivity index (χ2n) is 11.0. The Hall–Kier alpha value is -3.10. The van der Waals surface area contributed by atoms with E-state index in [0.29, 0.717) is 18.5 Å². The molecule has 2 atom stereocenters. The van der Waals surface area contributed by atoms with Crippen molar-refractivity contribution in [1.29, 1.82) is 0 Å². The van der Waals surface area contributed by atoms with Crippen LogP contribution in [-0.2, 0) is 23.9 Å². The molecular formula is C29H47N3O6. The summed E-state index contributed by atoms with van der Waals surface area (Å²) in [5.41, 5.74) is 1.91. The molecule has 214 valence electrons. The van der Waals surface area contributed by atoms with Gasteiger partial charge < -0.3 is 25.0 Å². The fourth-order valence-corrected chi connectivity index (χ4v) is 3.94. The number of carbonyl (C=O) groups excluding carboxylic acids is 4. The van der Waals surface area contributed by atoms with Gasteiger partial charge in [-0.15, -0.1) is 0 Å². The molecule has 0 saturated heterocycles. The van der Waals surface area contributed by atoms with Crippen LogP contribution in [0.1, 0.15) is 90.0 Å². The van der Waals surface area contributed by atoms with Crippen molar-refractivity contribution >= 4 is 23.9 Å². The van der Waals surface area contributed by atoms with Crippen molar-refractivity contribution < 1.29 is 28.7 Å². The van der Waals surface area contributed by atoms with Crippen molar-refractivity contribution in [3.05, 3.63) is 34.9 Å². The van der Waals surface area contributed by atoms with Crippen molar-refractivity contribution in [2.45, 2.75) is 98.8 Å². The minimum atomic E-state index is -1.00. The molecular weight excluding hydrogens is 486 g/mol. The number of benzene rings is 1. The number of methoxy groups -OCH3 is 1. The lowest BCUT2D eigenvalue weighted by molar-refractivity contribution is -0.145. The first-order chi connectivity index (χ1) is 17.7. The summed E-state index contributed by atoms with van der Waals surface area (Å²) in [4.78, 5) is 53.6. The molecule has 1 aromatic carbocycles. The average Bonchev–Trinajstić information content (AvgIpc) is 2.83. The minimum Gasteiger partial charge on any atom is -0.468 e. The molecule has 3 amide bonds. The number of ether oxygens (including phenoxy) is 2. The molecule has 2 unspecified atom stereocenters. The molecule has 1 rings (SSSR count). The molecule has 0 aliphatic rings. The third kappa shape index (κ3) is 10.7. The van der Waals surface area contributed by atoms with Crippen molar-refractivity contribution in [3.63, 3.8) is 0 Å². The summed E-state index contributed by atoms with van der Waals surface area (Å²) >= 11 is 0. The zero-order valence-corrected chi connectivity index (χ0v) is 24.6. The van der Waals surface area contributed by atoms with E-state index in [2.05, 4.69) is 22.3 Å². The summed E-state index contributed by atoms with van der Waals surface area (Å²) in [6, 6.07) is 3.69. The summed E-state index contributed by atoms with van der Waals surface area (Å²) in [7, 11) is 1.24. The van der Waals surface area contributed by atoms with Crippen molar-refractivity contribution in [2.24, 2.45) is 5.92 Å². The highest BCUT2D eigenvalue weighted by Crippen LogP contribution is 2.26. The number of hydrogen-bond acceptors (Lipinski definition) is 6. The van der Waals surface area contributed by atoms with Crippen molar-refractivity contribution in [1.82, 2.24) is 15.5 Å². The van der Waals surface area contributed by atoms with Crippen LogP contribution < -0.4 is 10.6 Å². The monoisotopic (exact) mass is 533 g/mol. The highest BCUT2D eigenvalue weighted by Gasteiger charge is 2.37. The molecule has 0 aromatic heterocycles. The van der Waals surface area contributed by atoms with E-state index in [9.17, 15) is 19.2 Å². The van der Waals surface area contributed by atoms with Gasteiger partial charge >= 0.3 is 12.1 Å². The molecule has 0 fully saturated rings. The van der Waals surface area contributed by atoms with Crippen LogP contribution >= 0.6 is 0 Å². The van der Waals surface area contributed by atoms with Crippen LogP contribution in [0, 0.1) is 19.8 Å². The van der Waals surface area contributed by atoms with E-state index in [1.807, 2.05) is 45.9 Å². The van der Waals surface area contributed by atoms with Gasteiger partial charge in [0.25, 0.3) is 0 Å². The molecule has 0 heterocycles. The standard InChI is InChI=1S/C29H47N3O6/c1-10-11-12-13-16-32(27(35)24(19(2)3)31-28(36)38-29(6,7)8)25(26(34)30-18-23(33)37-9)22-15-14-20(4)21(5)17-22/h14-15,17,19,24-25H,10-13,16,18H2,1-9H3,(H,30,34)(H,31,36). The van der Waals surface area contributed by atoms with Crippen molar-refractivity contribution in [3.8, 4) is 0 Å². The average molecular weight is 534 g/mol. The van der Waals surface area contributed by atoms with E-state index in [1.54, 1.807) is 20.8 Å². The molecule has 9 nitrogen and oxygen atoms in total. The lowest BCUT2D eigenvalue weighted by Crippen LogP contribution is -2.55. The van der Waals surface area contributed by atoms with Crippen LogP contribution in [0.25, 0.3) is 0 Å². The van der Waals surface area contributed by atoms with E-state index in [4.69, 9.17) is 4.74 Å². The van der Waals surface area contributed by atoms with Gasteiger partial charge in [-0.3, -0.25) is 14.4 Å². The highest BCUT2D eigenvalue weighted by atomic mass is 16.6. The van der Waals surface area contributed by atoms with E-state index in [0.717, 1.165) is 30.4 Å². The molecule has 0 aliphatic carbocycles. The molecule has 0 bridgehead atoms. The lowest BCUT2D eigenvalue weighted by atomic mass is 9.96. The SMILES string of the molecule is CCCCCCN(C(=O)C(NC(=O)OC(C)(C)C)C(C)C)C(C(=O)NCC(=O)OC)c1ccc(C)c(C)c1. The Morgan fingerprint density at radius 3 is 2.18 bits per heavy atom. The Morgan fingerprint density at radius 2 is 1.66 bits per heavy atom. The summed E-state index contributed by atoms with van der Waals surface area (Å²) in [5.74, 6) is -1.75. The largest absolute Gasteiger partial charge is 0.468 e. The minimum absolute atomic E-state index is 0.272. The number of carbonyl (C=O) groups is 4. The van der Waals surface area contributed by atoms with Crippen molar-refractivity contribution in [2.75, 3.05) is 20.2 Å². The Bertz CT molecular complexity index is 954. The number of esters is 1. The molecule has 0 spiro atoms. The molecule has 9 heteroatoms. The van der Waals surface area contributed by atoms with Gasteiger partial charge in [-0.1, -0.05) is 58.2 Å². The van der Waals surface area contributed by atoms with Gasteiger partial charge in [-0.25, -0.2) is 4.79 Å². The number of amides is 3. The molecule has 0 saturated carbocycles. The number of unbranched alkanes of at least 4 members (excludes halogenated alkanes) is 3. The van der Waals surface area contributed by atoms with Gasteiger partial charge in [0.05, 0.1) is 7.11 Å². The van der Waals surface area contributed by atoms with Gasteiger partial charge in [-0.2, -0.15) is 0 Å². The van der Waals surface area contributed by atoms with Gasteiger partial charge in [0.2, 0.25) is 11.8 Å². The van der Waals surface area contributed by atoms with Gasteiger partial charge in [0.15, 0.2) is 0 Å². The molecule has 0 radical (unpaired) electrons. The van der Waals surface area contributed by atoms with Gasteiger partial charge in [0, 0.05) is 6.54 Å². The zero-order chi connectivity index (χ0) is 29.0. The van der Waals surface area contributed by atoms with Crippen LogP contribution in [0.2, 0.25) is 0 Å². The molecule has 1 aromatic rings. The van der Waals surface area contributed by atoms with E-state index in [1.165, 1.54) is 12.0 Å². The molecule has 38 heavy (non-hydrogen) atoms. The Morgan fingerprint density at radius 1 is 1.00 bits per heavy atom. The predicted octanol–water partition coefficient (Wildman–Crippen LogP) is 4.59. The maximum Gasteiger partial charge on any atom is 0.408 e. The maximum atomic E-state index is 14.1. The summed E-state index contributed by atoms with van der Waals surface area (Å²) < 4.78 is 10.1. The smallest absolute Gasteiger partial charge is 0.408 e. The lowest BCUT2D eigenvalue weighted by Gasteiger charge is -2.35. The van der Waals surface area contributed by atoms with E-state index < -0.39 is 35.7 Å². The first-order valence-corrected chi connectivity index (χ1v) is 13.4. The number of aryl methyl sites for hydroxylation is 2. The third-order valence-corrected chi connectivity index (χ3v) is 6.18. The number of hydrogen-bond donors (Lipinski definition) is 2. The summed E-state index contributed by atoms with van der Waals surface area (Å²) in [6.45, 7) is 14.9. The van der Waals surface area contributed by atoms with Crippen LogP contribution in [0.3, 0.4) is 0 Å². The predicted molar refractivity (Wildman–Crippen MR) is 148 cm³/mol. The van der Waals surface area contributed by atoms with Crippen LogP contribution in [0.5, 0.6) is 0 Å². The highest BCUT2D eigenvalue weighted by molar-refractivity contribution is 5.93. The van der Waals surface area contributed by atoms with E-state index >= 15 is 0 Å². The Labute approximate surface area is 228 Å². The first kappa shape index (κ1) is 32.9. The van der Waals surface area contributed by atoms with Crippen LogP contribution in [0.4, 0.5) is 4.79 Å². The number of nitrogens with one attached hydrogen (secondary N) is 2. The van der Waals surface area contributed by atoms with Crippen LogP contribution in [-0.4, -0.2) is 60.6 Å². The third-order valence-electron chi connectivity index (χ3n) is 6.18. The van der Waals surface area contributed by atoms with E-state index in [-0.39, 0.29) is 18.4 Å². The molecule has 0 aliphatic heterocycles. The Balaban J connectivity index is 3.51. The fraction of sp³-hybridized carbons (Fsp3) is 0.655. The summed E-state index contributed by atoms with van der Waals surface area (Å²) in [6.07, 6.45) is 2.88. The van der Waals surface area contributed by atoms with Gasteiger partial charge in [-0.05, 0) is 63.6 Å².